The zero-order valence-electron chi connectivity index (χ0n) is 7.85. The summed E-state index contributed by atoms with van der Waals surface area (Å²) in [4.78, 5) is 11.6. The highest BCUT2D eigenvalue weighted by molar-refractivity contribution is 7.17. The predicted octanol–water partition coefficient (Wildman–Crippen LogP) is 1.89. The number of carbonyl (C=O) groups excluding carboxylic acids is 1. The third kappa shape index (κ3) is 2.31. The Morgan fingerprint density at radius 2 is 2.33 bits per heavy atom. The van der Waals surface area contributed by atoms with Crippen LogP contribution in [0.4, 0.5) is 10.8 Å². The van der Waals surface area contributed by atoms with Gasteiger partial charge in [-0.05, 0) is 11.4 Å². The first-order valence-electron chi connectivity index (χ1n) is 4.14. The third-order valence-electron chi connectivity index (χ3n) is 1.61. The van der Waals surface area contributed by atoms with E-state index in [4.69, 9.17) is 0 Å². The minimum atomic E-state index is -0.229. The minimum Gasteiger partial charge on any atom is -0.363 e. The van der Waals surface area contributed by atoms with Gasteiger partial charge in [-0.1, -0.05) is 11.3 Å². The Labute approximate surface area is 94.2 Å². The Kier molecular flexibility index (Phi) is 2.93. The molecule has 0 unspecified atom stereocenters. The van der Waals surface area contributed by atoms with Crippen molar-refractivity contribution in [3.63, 3.8) is 0 Å². The van der Waals surface area contributed by atoms with Gasteiger partial charge in [0.2, 0.25) is 10.1 Å². The van der Waals surface area contributed by atoms with Gasteiger partial charge in [0.1, 0.15) is 0 Å². The second kappa shape index (κ2) is 4.37. The van der Waals surface area contributed by atoms with Crippen molar-refractivity contribution in [2.45, 2.75) is 0 Å². The van der Waals surface area contributed by atoms with Gasteiger partial charge in [-0.25, -0.2) is 0 Å². The van der Waals surface area contributed by atoms with Crippen molar-refractivity contribution < 1.29 is 4.79 Å². The zero-order chi connectivity index (χ0) is 10.7. The lowest BCUT2D eigenvalue weighted by molar-refractivity contribution is 0.102. The molecule has 0 saturated heterocycles. The molecule has 15 heavy (non-hydrogen) atoms. The molecule has 0 aliphatic rings. The van der Waals surface area contributed by atoms with Crippen LogP contribution in [0.25, 0.3) is 0 Å². The summed E-state index contributed by atoms with van der Waals surface area (Å²) in [6.45, 7) is 0. The van der Waals surface area contributed by atoms with E-state index < -0.39 is 0 Å². The minimum absolute atomic E-state index is 0.229. The van der Waals surface area contributed by atoms with E-state index in [9.17, 15) is 4.79 Å². The monoisotopic (exact) mass is 240 g/mol. The molecule has 0 saturated carbocycles. The molecule has 0 spiro atoms. The molecule has 0 bridgehead atoms. The maximum Gasteiger partial charge on any atom is 0.286 e. The van der Waals surface area contributed by atoms with E-state index in [-0.39, 0.29) is 5.91 Å². The van der Waals surface area contributed by atoms with Gasteiger partial charge in [-0.15, -0.1) is 10.2 Å². The number of amides is 1. The first-order valence-corrected chi connectivity index (χ1v) is 5.90. The van der Waals surface area contributed by atoms with Crippen LogP contribution in [0.1, 0.15) is 9.80 Å². The van der Waals surface area contributed by atoms with Crippen LogP contribution in [-0.2, 0) is 0 Å². The van der Waals surface area contributed by atoms with Gasteiger partial charge >= 0.3 is 0 Å². The van der Waals surface area contributed by atoms with Gasteiger partial charge in [0.05, 0.1) is 5.69 Å². The number of aromatic nitrogens is 2. The summed E-state index contributed by atoms with van der Waals surface area (Å²) in [5, 5.41) is 17.8. The summed E-state index contributed by atoms with van der Waals surface area (Å²) >= 11 is 2.75. The molecule has 2 aromatic rings. The number of thiophene rings is 1. The Hall–Kier alpha value is -1.47. The SMILES string of the molecule is CNc1nnc(C(=O)Nc2ccsc2)s1. The lowest BCUT2D eigenvalue weighted by Gasteiger charge is -1.96. The number of nitrogens with zero attached hydrogens (tertiary/aromatic N) is 2. The fraction of sp³-hybridized carbons (Fsp3) is 0.125. The quantitative estimate of drug-likeness (QED) is 0.859. The smallest absolute Gasteiger partial charge is 0.286 e. The molecule has 7 heteroatoms. The highest BCUT2D eigenvalue weighted by atomic mass is 32.1. The molecule has 0 atom stereocenters. The van der Waals surface area contributed by atoms with Gasteiger partial charge < -0.3 is 10.6 Å². The van der Waals surface area contributed by atoms with Crippen molar-refractivity contribution in [3.05, 3.63) is 21.8 Å². The first-order chi connectivity index (χ1) is 7.29. The van der Waals surface area contributed by atoms with Gasteiger partial charge in [0.25, 0.3) is 5.91 Å². The zero-order valence-corrected chi connectivity index (χ0v) is 9.48. The van der Waals surface area contributed by atoms with Crippen LogP contribution in [-0.4, -0.2) is 23.2 Å². The number of nitrogens with one attached hydrogen (secondary N) is 2. The van der Waals surface area contributed by atoms with Crippen LogP contribution in [0, 0.1) is 0 Å². The lowest BCUT2D eigenvalue weighted by atomic mass is 10.5. The summed E-state index contributed by atoms with van der Waals surface area (Å²) < 4.78 is 0. The van der Waals surface area contributed by atoms with E-state index in [1.54, 1.807) is 7.05 Å². The van der Waals surface area contributed by atoms with E-state index in [0.29, 0.717) is 10.1 Å². The molecule has 2 heterocycles. The number of hydrogen-bond acceptors (Lipinski definition) is 6. The summed E-state index contributed by atoms with van der Waals surface area (Å²) in [7, 11) is 1.74. The predicted molar refractivity (Wildman–Crippen MR) is 61.7 cm³/mol. The second-order valence-electron chi connectivity index (χ2n) is 2.63. The molecule has 5 nitrogen and oxygen atoms in total. The third-order valence-corrected chi connectivity index (χ3v) is 3.23. The lowest BCUT2D eigenvalue weighted by Crippen LogP contribution is -2.10. The summed E-state index contributed by atoms with van der Waals surface area (Å²) in [6, 6.07) is 1.84. The molecular formula is C8H8N4OS2. The van der Waals surface area contributed by atoms with Crippen molar-refractivity contribution in [2.75, 3.05) is 17.7 Å². The Morgan fingerprint density at radius 1 is 1.47 bits per heavy atom. The molecule has 2 rings (SSSR count). The molecule has 2 N–H and O–H groups in total. The van der Waals surface area contributed by atoms with Crippen LogP contribution >= 0.6 is 22.7 Å². The van der Waals surface area contributed by atoms with E-state index in [1.807, 2.05) is 16.8 Å². The van der Waals surface area contributed by atoms with Crippen molar-refractivity contribution in [1.29, 1.82) is 0 Å². The Bertz CT molecular complexity index is 451. The van der Waals surface area contributed by atoms with Crippen molar-refractivity contribution in [3.8, 4) is 0 Å². The van der Waals surface area contributed by atoms with Crippen LogP contribution in [0.5, 0.6) is 0 Å². The van der Waals surface area contributed by atoms with Crippen molar-refractivity contribution in [1.82, 2.24) is 10.2 Å². The Morgan fingerprint density at radius 3 is 2.93 bits per heavy atom. The second-order valence-corrected chi connectivity index (χ2v) is 4.39. The van der Waals surface area contributed by atoms with E-state index >= 15 is 0 Å². The summed E-state index contributed by atoms with van der Waals surface area (Å²) in [5.41, 5.74) is 0.784. The highest BCUT2D eigenvalue weighted by Gasteiger charge is 2.12. The largest absolute Gasteiger partial charge is 0.363 e. The number of hydrogen-bond donors (Lipinski definition) is 2. The fourth-order valence-electron chi connectivity index (χ4n) is 0.936. The maximum absolute atomic E-state index is 11.6. The molecular weight excluding hydrogens is 232 g/mol. The molecule has 0 aliphatic carbocycles. The van der Waals surface area contributed by atoms with Crippen LogP contribution in [0.15, 0.2) is 16.8 Å². The molecule has 2 aromatic heterocycles. The van der Waals surface area contributed by atoms with Crippen molar-refractivity contribution >= 4 is 39.4 Å². The van der Waals surface area contributed by atoms with Crippen LogP contribution in [0.3, 0.4) is 0 Å². The Balaban J connectivity index is 2.08. The average Bonchev–Trinajstić information content (AvgIpc) is 2.86. The van der Waals surface area contributed by atoms with Crippen molar-refractivity contribution in [2.24, 2.45) is 0 Å². The number of rotatable bonds is 3. The first kappa shape index (κ1) is 10.1. The maximum atomic E-state index is 11.6. The average molecular weight is 240 g/mol. The molecule has 0 aromatic carbocycles. The standard InChI is InChI=1S/C8H8N4OS2/c1-9-8-12-11-7(15-8)6(13)10-5-2-3-14-4-5/h2-4H,1H3,(H,9,12)(H,10,13). The van der Waals surface area contributed by atoms with Gasteiger partial charge in [0, 0.05) is 12.4 Å². The normalized spacial score (nSPS) is 9.93. The molecule has 0 radical (unpaired) electrons. The summed E-state index contributed by atoms with van der Waals surface area (Å²) in [5.74, 6) is -0.229. The topological polar surface area (TPSA) is 66.9 Å². The van der Waals surface area contributed by atoms with E-state index in [0.717, 1.165) is 5.69 Å². The van der Waals surface area contributed by atoms with E-state index in [1.165, 1.54) is 22.7 Å². The molecule has 0 fully saturated rings. The summed E-state index contributed by atoms with van der Waals surface area (Å²) in [6.07, 6.45) is 0. The van der Waals surface area contributed by atoms with Crippen LogP contribution < -0.4 is 10.6 Å². The number of anilines is 2. The van der Waals surface area contributed by atoms with Gasteiger partial charge in [-0.3, -0.25) is 4.79 Å². The van der Waals surface area contributed by atoms with Gasteiger partial charge in [-0.2, -0.15) is 11.3 Å². The van der Waals surface area contributed by atoms with Crippen LogP contribution in [0.2, 0.25) is 0 Å². The fourth-order valence-corrected chi connectivity index (χ4v) is 2.12. The van der Waals surface area contributed by atoms with Gasteiger partial charge in [0.15, 0.2) is 0 Å². The molecule has 1 amide bonds. The molecule has 0 aliphatic heterocycles. The van der Waals surface area contributed by atoms with E-state index in [2.05, 4.69) is 20.8 Å². The highest BCUT2D eigenvalue weighted by Crippen LogP contribution is 2.17. The molecule has 78 valence electrons. The number of carbonyl (C=O) groups is 1.